The SMILES string of the molecule is CCOC(=O)c1cnn(-c2ccccc2)c1NC(=O)c1c(C)c(-c2ccc(Cl)cc2)nc2ccccc12. The second-order valence-corrected chi connectivity index (χ2v) is 8.75. The molecule has 0 saturated heterocycles. The largest absolute Gasteiger partial charge is 0.462 e. The molecule has 8 heteroatoms. The Morgan fingerprint density at radius 3 is 2.41 bits per heavy atom. The highest BCUT2D eigenvalue weighted by Gasteiger charge is 2.25. The van der Waals surface area contributed by atoms with Crippen LogP contribution in [-0.4, -0.2) is 33.2 Å². The van der Waals surface area contributed by atoms with Gasteiger partial charge >= 0.3 is 5.97 Å². The highest BCUT2D eigenvalue weighted by Crippen LogP contribution is 2.31. The number of amides is 1. The van der Waals surface area contributed by atoms with E-state index in [1.807, 2.05) is 73.7 Å². The lowest BCUT2D eigenvalue weighted by molar-refractivity contribution is 0.0527. The van der Waals surface area contributed by atoms with Crippen LogP contribution in [0.4, 0.5) is 5.82 Å². The molecule has 5 rings (SSSR count). The molecule has 0 aliphatic rings. The van der Waals surface area contributed by atoms with E-state index >= 15 is 0 Å². The monoisotopic (exact) mass is 510 g/mol. The fourth-order valence-corrected chi connectivity index (χ4v) is 4.38. The molecule has 2 heterocycles. The molecule has 7 nitrogen and oxygen atoms in total. The quantitative estimate of drug-likeness (QED) is 0.264. The predicted molar refractivity (Wildman–Crippen MR) is 144 cm³/mol. The molecule has 0 unspecified atom stereocenters. The second-order valence-electron chi connectivity index (χ2n) is 8.31. The summed E-state index contributed by atoms with van der Waals surface area (Å²) in [5.41, 5.74) is 4.17. The van der Waals surface area contributed by atoms with Gasteiger partial charge in [0.1, 0.15) is 5.56 Å². The number of fused-ring (bicyclic) bond motifs is 1. The van der Waals surface area contributed by atoms with Gasteiger partial charge in [-0.3, -0.25) is 4.79 Å². The van der Waals surface area contributed by atoms with Crippen molar-refractivity contribution in [2.24, 2.45) is 0 Å². The Hall–Kier alpha value is -4.49. The van der Waals surface area contributed by atoms with Gasteiger partial charge in [0.2, 0.25) is 0 Å². The number of carbonyl (C=O) groups is 2. The molecule has 5 aromatic rings. The van der Waals surface area contributed by atoms with Crippen LogP contribution in [0.5, 0.6) is 0 Å². The first-order valence-corrected chi connectivity index (χ1v) is 12.1. The summed E-state index contributed by atoms with van der Waals surface area (Å²) in [6.07, 6.45) is 1.40. The molecule has 37 heavy (non-hydrogen) atoms. The summed E-state index contributed by atoms with van der Waals surface area (Å²) in [5, 5.41) is 8.62. The van der Waals surface area contributed by atoms with Crippen LogP contribution in [0.3, 0.4) is 0 Å². The number of para-hydroxylation sites is 2. The van der Waals surface area contributed by atoms with Crippen LogP contribution in [-0.2, 0) is 4.74 Å². The van der Waals surface area contributed by atoms with E-state index in [2.05, 4.69) is 10.4 Å². The summed E-state index contributed by atoms with van der Waals surface area (Å²) in [6, 6.07) is 24.0. The Kier molecular flexibility index (Phi) is 6.70. The number of anilines is 1. The van der Waals surface area contributed by atoms with Crippen molar-refractivity contribution in [1.29, 1.82) is 0 Å². The number of pyridine rings is 1. The number of rotatable bonds is 6. The maximum atomic E-state index is 13.9. The van der Waals surface area contributed by atoms with Gasteiger partial charge in [-0.2, -0.15) is 5.10 Å². The number of nitrogens with one attached hydrogen (secondary N) is 1. The van der Waals surface area contributed by atoms with E-state index in [0.29, 0.717) is 38.4 Å². The van der Waals surface area contributed by atoms with Crippen molar-refractivity contribution in [3.05, 3.63) is 107 Å². The zero-order chi connectivity index (χ0) is 25.9. The van der Waals surface area contributed by atoms with Gasteiger partial charge in [0.25, 0.3) is 5.91 Å². The normalized spacial score (nSPS) is 10.9. The van der Waals surface area contributed by atoms with E-state index < -0.39 is 11.9 Å². The van der Waals surface area contributed by atoms with Crippen molar-refractivity contribution < 1.29 is 14.3 Å². The number of esters is 1. The molecule has 0 fully saturated rings. The fraction of sp³-hybridized carbons (Fsp3) is 0.103. The summed E-state index contributed by atoms with van der Waals surface area (Å²) in [7, 11) is 0. The Labute approximate surface area is 218 Å². The van der Waals surface area contributed by atoms with Gasteiger partial charge in [-0.1, -0.05) is 60.1 Å². The highest BCUT2D eigenvalue weighted by molar-refractivity contribution is 6.30. The average molecular weight is 511 g/mol. The van der Waals surface area contributed by atoms with Crippen LogP contribution >= 0.6 is 11.6 Å². The smallest absolute Gasteiger partial charge is 0.343 e. The Balaban J connectivity index is 1.65. The van der Waals surface area contributed by atoms with E-state index in [-0.39, 0.29) is 18.0 Å². The van der Waals surface area contributed by atoms with Crippen molar-refractivity contribution in [3.63, 3.8) is 0 Å². The molecule has 1 N–H and O–H groups in total. The fourth-order valence-electron chi connectivity index (χ4n) is 4.25. The summed E-state index contributed by atoms with van der Waals surface area (Å²) >= 11 is 6.09. The van der Waals surface area contributed by atoms with E-state index in [1.54, 1.807) is 19.1 Å². The van der Waals surface area contributed by atoms with Crippen LogP contribution in [0, 0.1) is 6.92 Å². The number of halogens is 1. The van der Waals surface area contributed by atoms with Gasteiger partial charge in [-0.15, -0.1) is 0 Å². The van der Waals surface area contributed by atoms with Crippen molar-refractivity contribution in [2.75, 3.05) is 11.9 Å². The Bertz CT molecular complexity index is 1610. The molecule has 0 aliphatic heterocycles. The van der Waals surface area contributed by atoms with E-state index in [4.69, 9.17) is 21.3 Å². The minimum absolute atomic E-state index is 0.160. The van der Waals surface area contributed by atoms with Crippen LogP contribution in [0.2, 0.25) is 5.02 Å². The van der Waals surface area contributed by atoms with Crippen molar-refractivity contribution in [3.8, 4) is 16.9 Å². The third-order valence-electron chi connectivity index (χ3n) is 5.98. The third-order valence-corrected chi connectivity index (χ3v) is 6.23. The first-order chi connectivity index (χ1) is 18.0. The number of benzene rings is 3. The zero-order valence-corrected chi connectivity index (χ0v) is 21.0. The zero-order valence-electron chi connectivity index (χ0n) is 20.2. The molecule has 2 aromatic heterocycles. The molecule has 0 saturated carbocycles. The molecule has 0 atom stereocenters. The Morgan fingerprint density at radius 2 is 1.68 bits per heavy atom. The standard InChI is InChI=1S/C29H23ClN4O3/c1-3-37-29(36)23-17-31-34(21-9-5-4-6-10-21)27(23)33-28(35)25-18(2)26(19-13-15-20(30)16-14-19)32-24-12-8-7-11-22(24)25/h4-17H,3H2,1-2H3,(H,33,35). The van der Waals surface area contributed by atoms with E-state index in [9.17, 15) is 9.59 Å². The lowest BCUT2D eigenvalue weighted by Crippen LogP contribution is -2.20. The van der Waals surface area contributed by atoms with Gasteiger partial charge in [-0.05, 0) is 49.7 Å². The van der Waals surface area contributed by atoms with E-state index in [0.717, 1.165) is 5.56 Å². The van der Waals surface area contributed by atoms with Crippen LogP contribution < -0.4 is 5.32 Å². The lowest BCUT2D eigenvalue weighted by atomic mass is 9.97. The summed E-state index contributed by atoms with van der Waals surface area (Å²) < 4.78 is 6.74. The molecular formula is C29H23ClN4O3. The molecule has 184 valence electrons. The highest BCUT2D eigenvalue weighted by atomic mass is 35.5. The second kappa shape index (κ2) is 10.2. The molecule has 0 bridgehead atoms. The van der Waals surface area contributed by atoms with E-state index in [1.165, 1.54) is 10.9 Å². The Morgan fingerprint density at radius 1 is 0.973 bits per heavy atom. The topological polar surface area (TPSA) is 86.1 Å². The minimum atomic E-state index is -0.571. The lowest BCUT2D eigenvalue weighted by Gasteiger charge is -2.16. The van der Waals surface area contributed by atoms with Gasteiger partial charge in [-0.25, -0.2) is 14.5 Å². The predicted octanol–water partition coefficient (Wildman–Crippen LogP) is 6.48. The van der Waals surface area contributed by atoms with Gasteiger partial charge in [0, 0.05) is 16.0 Å². The first kappa shape index (κ1) is 24.2. The summed E-state index contributed by atoms with van der Waals surface area (Å²) in [4.78, 5) is 31.5. The van der Waals surface area contributed by atoms with Crippen LogP contribution in [0.15, 0.2) is 85.1 Å². The molecule has 1 amide bonds. The molecular weight excluding hydrogens is 488 g/mol. The molecule has 0 aliphatic carbocycles. The first-order valence-electron chi connectivity index (χ1n) is 11.7. The van der Waals surface area contributed by atoms with Crippen molar-refractivity contribution in [2.45, 2.75) is 13.8 Å². The maximum absolute atomic E-state index is 13.9. The number of hydrogen-bond acceptors (Lipinski definition) is 5. The van der Waals surface area contributed by atoms with Crippen LogP contribution in [0.1, 0.15) is 33.2 Å². The van der Waals surface area contributed by atoms with Crippen molar-refractivity contribution >= 4 is 40.2 Å². The number of hydrogen-bond donors (Lipinski definition) is 1. The van der Waals surface area contributed by atoms with Gasteiger partial charge in [0.15, 0.2) is 5.82 Å². The molecule has 3 aromatic carbocycles. The third kappa shape index (κ3) is 4.69. The number of nitrogens with zero attached hydrogens (tertiary/aromatic N) is 3. The number of aromatic nitrogens is 3. The minimum Gasteiger partial charge on any atom is -0.462 e. The summed E-state index contributed by atoms with van der Waals surface area (Å²) in [6.45, 7) is 3.78. The number of carbonyl (C=O) groups excluding carboxylic acids is 2. The summed E-state index contributed by atoms with van der Waals surface area (Å²) in [5.74, 6) is -0.740. The van der Waals surface area contributed by atoms with Gasteiger partial charge < -0.3 is 10.1 Å². The number of ether oxygens (including phenoxy) is 1. The van der Waals surface area contributed by atoms with Gasteiger partial charge in [0.05, 0.1) is 35.3 Å². The van der Waals surface area contributed by atoms with Crippen molar-refractivity contribution in [1.82, 2.24) is 14.8 Å². The maximum Gasteiger partial charge on any atom is 0.343 e. The van der Waals surface area contributed by atoms with Crippen LogP contribution in [0.25, 0.3) is 27.8 Å². The average Bonchev–Trinajstić information content (AvgIpc) is 3.33. The molecule has 0 spiro atoms. The molecule has 0 radical (unpaired) electrons.